The van der Waals surface area contributed by atoms with Crippen molar-refractivity contribution >= 4 is 34.9 Å². The smallest absolute Gasteiger partial charge is 0.267 e. The number of fused-ring (bicyclic) bond motifs is 2. The van der Waals surface area contributed by atoms with Crippen LogP contribution in [0.4, 0.5) is 20.3 Å². The highest BCUT2D eigenvalue weighted by molar-refractivity contribution is 6.31. The lowest BCUT2D eigenvalue weighted by Crippen LogP contribution is -2.42. The lowest BCUT2D eigenvalue weighted by Gasteiger charge is -2.38. The number of phenolic OH excluding ortho intramolecular Hbond substituents is 1. The van der Waals surface area contributed by atoms with Crippen LogP contribution in [-0.4, -0.2) is 103 Å². The summed E-state index contributed by atoms with van der Waals surface area (Å²) < 4.78 is 33.3. The summed E-state index contributed by atoms with van der Waals surface area (Å²) in [6, 6.07) is 10.1. The summed E-state index contributed by atoms with van der Waals surface area (Å²) in [5, 5.41) is 30.2. The van der Waals surface area contributed by atoms with E-state index in [0.717, 1.165) is 126 Å². The molecule has 2 saturated heterocycles. The number of aromatic nitrogens is 4. The summed E-state index contributed by atoms with van der Waals surface area (Å²) in [6.07, 6.45) is 16.2. The van der Waals surface area contributed by atoms with Gasteiger partial charge in [-0.2, -0.15) is 15.5 Å². The van der Waals surface area contributed by atoms with Crippen molar-refractivity contribution in [3.05, 3.63) is 99.4 Å². The molecule has 0 atom stereocenters. The van der Waals surface area contributed by atoms with Crippen molar-refractivity contribution < 1.29 is 23.5 Å². The van der Waals surface area contributed by atoms with Crippen LogP contribution in [0.2, 0.25) is 5.02 Å². The van der Waals surface area contributed by atoms with Gasteiger partial charge in [0.05, 0.1) is 40.9 Å². The van der Waals surface area contributed by atoms with Crippen LogP contribution in [0.5, 0.6) is 5.75 Å². The maximum atomic E-state index is 14.7. The van der Waals surface area contributed by atoms with Gasteiger partial charge in [-0.05, 0) is 111 Å². The van der Waals surface area contributed by atoms with E-state index in [-0.39, 0.29) is 45.9 Å². The highest BCUT2D eigenvalue weighted by atomic mass is 35.5. The lowest BCUT2D eigenvalue weighted by atomic mass is 9.92. The molecule has 69 heavy (non-hydrogen) atoms. The molecule has 5 aliphatic rings. The number of nitrogens with two attached hydrogens (primary N) is 2. The number of benzene rings is 2. The third-order valence-corrected chi connectivity index (χ3v) is 14.8. The Morgan fingerprint density at radius 1 is 0.957 bits per heavy atom. The predicted octanol–water partition coefficient (Wildman–Crippen LogP) is 7.57. The molecule has 2 aromatic heterocycles. The maximum Gasteiger partial charge on any atom is 0.267 e. The van der Waals surface area contributed by atoms with Gasteiger partial charge in [0.25, 0.3) is 12.3 Å². The van der Waals surface area contributed by atoms with Crippen molar-refractivity contribution in [2.24, 2.45) is 24.4 Å². The largest absolute Gasteiger partial charge is 0.508 e. The third kappa shape index (κ3) is 11.7. The summed E-state index contributed by atoms with van der Waals surface area (Å²) in [4.78, 5) is 34.0. The molecule has 18 heteroatoms. The quantitative estimate of drug-likeness (QED) is 0.0906. The van der Waals surface area contributed by atoms with Crippen LogP contribution in [0.1, 0.15) is 112 Å². The van der Waals surface area contributed by atoms with E-state index in [0.29, 0.717) is 48.1 Å². The minimum absolute atomic E-state index is 0.00618. The number of carbonyl (C=O) groups excluding carboxylic acids is 2. The Balaban J connectivity index is 0.000000572. The average Bonchev–Trinajstić information content (AvgIpc) is 3.96. The number of hydrogen-bond acceptors (Lipinski definition) is 11. The molecule has 4 aromatic rings. The van der Waals surface area contributed by atoms with Crippen LogP contribution in [0.3, 0.4) is 0 Å². The van der Waals surface area contributed by atoms with E-state index in [1.807, 2.05) is 17.0 Å². The second-order valence-electron chi connectivity index (χ2n) is 19.2. The van der Waals surface area contributed by atoms with E-state index in [4.69, 9.17) is 38.5 Å². The summed E-state index contributed by atoms with van der Waals surface area (Å²) >= 11 is 5.55. The molecule has 368 valence electrons. The fraction of sp³-hybridized carbons (Fsp3) is 0.510. The molecular formula is C51H65ClF2N12O3. The van der Waals surface area contributed by atoms with Gasteiger partial charge in [-0.3, -0.25) is 19.0 Å². The first-order chi connectivity index (χ1) is 33.3. The molecule has 6 heterocycles. The van der Waals surface area contributed by atoms with Gasteiger partial charge in [-0.1, -0.05) is 30.9 Å². The SMILES string of the molecule is CC(=O)N1CCc2c(c(N3CCCc4cc(-c5cnn(C)c5)c(C(F)F)cc43)nn2C2CCN(CC3CCN(/C(N)=C/C=C(\N)C(=O)NC4CCCCC4)CC3)CC2)C1.N#Cc1ccc(O)cc1Cl. The van der Waals surface area contributed by atoms with Crippen LogP contribution < -0.4 is 21.7 Å². The molecule has 6 N–H and O–H groups in total. The number of aryl methyl sites for hydroxylation is 2. The minimum Gasteiger partial charge on any atom is -0.508 e. The lowest BCUT2D eigenvalue weighted by molar-refractivity contribution is -0.129. The molecule has 9 rings (SSSR count). The number of aromatic hydroxyl groups is 1. The van der Waals surface area contributed by atoms with Gasteiger partial charge in [0.1, 0.15) is 11.8 Å². The molecule has 0 radical (unpaired) electrons. The number of piperidine rings is 2. The van der Waals surface area contributed by atoms with Gasteiger partial charge in [0.15, 0.2) is 5.82 Å². The van der Waals surface area contributed by atoms with Crippen molar-refractivity contribution in [1.29, 1.82) is 5.26 Å². The molecule has 1 saturated carbocycles. The van der Waals surface area contributed by atoms with Crippen LogP contribution in [0.25, 0.3) is 11.1 Å². The van der Waals surface area contributed by atoms with Gasteiger partial charge in [-0.15, -0.1) is 0 Å². The number of carbonyl (C=O) groups is 2. The van der Waals surface area contributed by atoms with Crippen molar-refractivity contribution in [3.8, 4) is 22.9 Å². The van der Waals surface area contributed by atoms with Gasteiger partial charge >= 0.3 is 0 Å². The Kier molecular flexibility index (Phi) is 15.8. The average molecular weight is 968 g/mol. The molecule has 0 bridgehead atoms. The Hall–Kier alpha value is -6.12. The zero-order chi connectivity index (χ0) is 48.8. The number of rotatable bonds is 10. The van der Waals surface area contributed by atoms with Crippen molar-refractivity contribution in [1.82, 2.24) is 39.6 Å². The number of phenols is 1. The number of allylic oxidation sites excluding steroid dienone is 2. The standard InChI is InChI=1S/C44H61F2N11O2.C7H4ClNO/c1-29(58)55-22-16-39-37(28-55)43(56-17-6-7-31-23-35(32-25-49-52(2)27-32)36(42(45)46)24-40(31)56)51-57(39)34-14-18-53(19-15-34)26-30-12-20-54(21-13-30)41(48)11-10-38(47)44(59)50-33-8-4-3-5-9-33;8-7-3-6(10)2-1-5(7)4-9/h10-11,23-25,27,30,33-34,42H,3-9,12-22,26,28,47-48H2,1-2H3,(H,50,59);1-3,10H/b38-10-,41-11+;. The van der Waals surface area contributed by atoms with Gasteiger partial charge in [-0.25, -0.2) is 8.78 Å². The minimum atomic E-state index is -2.65. The van der Waals surface area contributed by atoms with Gasteiger partial charge in [0, 0.05) is 107 Å². The summed E-state index contributed by atoms with van der Waals surface area (Å²) in [6.45, 7) is 8.14. The number of amides is 2. The van der Waals surface area contributed by atoms with E-state index in [1.54, 1.807) is 49.3 Å². The Bertz CT molecular complexity index is 2580. The fourth-order valence-electron chi connectivity index (χ4n) is 10.6. The molecular weight excluding hydrogens is 902 g/mol. The third-order valence-electron chi connectivity index (χ3n) is 14.5. The van der Waals surface area contributed by atoms with E-state index in [9.17, 15) is 18.4 Å². The second kappa shape index (κ2) is 22.1. The normalized spacial score (nSPS) is 18.9. The molecule has 4 aliphatic heterocycles. The van der Waals surface area contributed by atoms with E-state index >= 15 is 0 Å². The Labute approximate surface area is 408 Å². The van der Waals surface area contributed by atoms with Crippen molar-refractivity contribution in [3.63, 3.8) is 0 Å². The molecule has 0 unspecified atom stereocenters. The number of alkyl halides is 2. The monoisotopic (exact) mass is 966 g/mol. The fourth-order valence-corrected chi connectivity index (χ4v) is 10.8. The van der Waals surface area contributed by atoms with E-state index in [2.05, 4.69) is 29.8 Å². The second-order valence-corrected chi connectivity index (χ2v) is 19.6. The molecule has 15 nitrogen and oxygen atoms in total. The summed E-state index contributed by atoms with van der Waals surface area (Å²) in [5.74, 6) is 1.90. The number of hydrogen-bond donors (Lipinski definition) is 4. The molecule has 2 amide bonds. The highest BCUT2D eigenvalue weighted by Crippen LogP contribution is 2.44. The summed E-state index contributed by atoms with van der Waals surface area (Å²) in [5.41, 5.74) is 18.3. The number of anilines is 2. The zero-order valence-corrected chi connectivity index (χ0v) is 40.5. The Morgan fingerprint density at radius 2 is 1.71 bits per heavy atom. The van der Waals surface area contributed by atoms with Crippen LogP contribution in [0.15, 0.2) is 66.4 Å². The highest BCUT2D eigenvalue weighted by Gasteiger charge is 2.35. The topological polar surface area (TPSA) is 191 Å². The Morgan fingerprint density at radius 3 is 2.38 bits per heavy atom. The molecule has 1 aliphatic carbocycles. The summed E-state index contributed by atoms with van der Waals surface area (Å²) in [7, 11) is 1.79. The predicted molar refractivity (Wildman–Crippen MR) is 262 cm³/mol. The number of nitrogens with zero attached hydrogens (tertiary/aromatic N) is 9. The molecule has 2 aromatic carbocycles. The number of halogens is 3. The number of likely N-dealkylation sites (tertiary alicyclic amines) is 2. The molecule has 0 spiro atoms. The first kappa shape index (κ1) is 49.3. The van der Waals surface area contributed by atoms with Crippen LogP contribution in [-0.2, 0) is 36.0 Å². The van der Waals surface area contributed by atoms with Crippen molar-refractivity contribution in [2.75, 3.05) is 50.7 Å². The number of nitriles is 1. The van der Waals surface area contributed by atoms with Gasteiger partial charge < -0.3 is 41.5 Å². The van der Waals surface area contributed by atoms with E-state index < -0.39 is 6.43 Å². The van der Waals surface area contributed by atoms with Crippen LogP contribution >= 0.6 is 11.6 Å². The first-order valence-electron chi connectivity index (χ1n) is 24.4. The first-order valence-corrected chi connectivity index (χ1v) is 24.8. The van der Waals surface area contributed by atoms with Gasteiger partial charge in [0.2, 0.25) is 5.91 Å². The maximum absolute atomic E-state index is 14.7. The molecule has 3 fully saturated rings. The van der Waals surface area contributed by atoms with E-state index in [1.165, 1.54) is 30.3 Å². The zero-order valence-electron chi connectivity index (χ0n) is 39.7. The van der Waals surface area contributed by atoms with Crippen molar-refractivity contribution in [2.45, 2.75) is 109 Å². The number of nitrogens with one attached hydrogen (secondary N) is 1. The van der Waals surface area contributed by atoms with Crippen LogP contribution in [0, 0.1) is 17.2 Å².